The van der Waals surface area contributed by atoms with Gasteiger partial charge in [-0.3, -0.25) is 14.4 Å². The van der Waals surface area contributed by atoms with Crippen molar-refractivity contribution in [3.63, 3.8) is 0 Å². The van der Waals surface area contributed by atoms with Crippen LogP contribution in [0.15, 0.2) is 0 Å². The summed E-state index contributed by atoms with van der Waals surface area (Å²) in [4.78, 5) is 31.4. The topological polar surface area (TPSA) is 160 Å². The van der Waals surface area contributed by atoms with Crippen molar-refractivity contribution in [1.82, 2.24) is 0 Å². The van der Waals surface area contributed by atoms with Gasteiger partial charge < -0.3 is 34.6 Å². The maximum absolute atomic E-state index is 10.5. The van der Waals surface area contributed by atoms with Gasteiger partial charge in [-0.2, -0.15) is 0 Å². The number of aliphatic hydroxyl groups excluding tert-OH is 1. The number of hydrogen-bond donors (Lipinski definition) is 4. The third-order valence-electron chi connectivity index (χ3n) is 2.94. The molecule has 0 atom stereocenters. The van der Waals surface area contributed by atoms with Crippen LogP contribution in [0.5, 0.6) is 0 Å². The second-order valence-electron chi connectivity index (χ2n) is 5.25. The van der Waals surface area contributed by atoms with Crippen molar-refractivity contribution in [2.45, 2.75) is 19.3 Å². The highest BCUT2D eigenvalue weighted by Crippen LogP contribution is 2.19. The molecule has 0 rings (SSSR count). The van der Waals surface area contributed by atoms with E-state index in [-0.39, 0.29) is 58.9 Å². The van der Waals surface area contributed by atoms with Crippen LogP contribution in [-0.2, 0) is 28.6 Å². The van der Waals surface area contributed by atoms with Gasteiger partial charge in [0.25, 0.3) is 0 Å². The molecule has 0 saturated heterocycles. The van der Waals surface area contributed by atoms with E-state index in [1.54, 1.807) is 0 Å². The van der Waals surface area contributed by atoms with Gasteiger partial charge in [-0.1, -0.05) is 0 Å². The first kappa shape index (κ1) is 22.2. The van der Waals surface area contributed by atoms with Crippen LogP contribution in [0.25, 0.3) is 0 Å². The van der Waals surface area contributed by atoms with Crippen molar-refractivity contribution in [3.05, 3.63) is 0 Å². The summed E-state index contributed by atoms with van der Waals surface area (Å²) in [5.41, 5.74) is -1.03. The van der Waals surface area contributed by atoms with Gasteiger partial charge in [-0.25, -0.2) is 0 Å². The average molecular weight is 352 g/mol. The molecule has 0 unspecified atom stereocenters. The third-order valence-corrected chi connectivity index (χ3v) is 2.94. The van der Waals surface area contributed by atoms with Crippen LogP contribution in [0.3, 0.4) is 0 Å². The van der Waals surface area contributed by atoms with E-state index < -0.39 is 29.9 Å². The Kier molecular flexibility index (Phi) is 11.7. The lowest BCUT2D eigenvalue weighted by Crippen LogP contribution is -2.41. The highest BCUT2D eigenvalue weighted by molar-refractivity contribution is 5.67. The molecule has 0 saturated carbocycles. The summed E-state index contributed by atoms with van der Waals surface area (Å²) in [7, 11) is 0. The van der Waals surface area contributed by atoms with Gasteiger partial charge in [0.2, 0.25) is 0 Å². The Labute approximate surface area is 138 Å². The molecule has 0 aromatic carbocycles. The number of hydrogen-bond acceptors (Lipinski definition) is 7. The predicted octanol–water partition coefficient (Wildman–Crippen LogP) is -0.561. The lowest BCUT2D eigenvalue weighted by atomic mass is 9.92. The van der Waals surface area contributed by atoms with Gasteiger partial charge in [0.05, 0.1) is 70.9 Å². The minimum absolute atomic E-state index is 0.0681. The number of aliphatic hydroxyl groups is 1. The number of ether oxygens (including phenoxy) is 3. The molecule has 0 aromatic heterocycles. The molecule has 0 heterocycles. The first-order chi connectivity index (χ1) is 11.3. The maximum Gasteiger partial charge on any atom is 0.305 e. The van der Waals surface area contributed by atoms with Gasteiger partial charge in [0.1, 0.15) is 0 Å². The van der Waals surface area contributed by atoms with E-state index in [1.165, 1.54) is 0 Å². The molecule has 0 fully saturated rings. The summed E-state index contributed by atoms with van der Waals surface area (Å²) in [6.07, 6.45) is -0.621. The Hall–Kier alpha value is -1.75. The van der Waals surface area contributed by atoms with E-state index >= 15 is 0 Å². The largest absolute Gasteiger partial charge is 0.481 e. The van der Waals surface area contributed by atoms with Crippen molar-refractivity contribution in [1.29, 1.82) is 0 Å². The number of aliphatic carboxylic acids is 3. The summed E-state index contributed by atoms with van der Waals surface area (Å²) in [5, 5.41) is 35.3. The van der Waals surface area contributed by atoms with Crippen molar-refractivity contribution < 1.29 is 49.0 Å². The molecule has 4 N–H and O–H groups in total. The Morgan fingerprint density at radius 1 is 0.667 bits per heavy atom. The van der Waals surface area contributed by atoms with E-state index in [2.05, 4.69) is 0 Å². The molecule has 0 aromatic rings. The van der Waals surface area contributed by atoms with Crippen LogP contribution in [0, 0.1) is 5.41 Å². The molecular weight excluding hydrogens is 328 g/mol. The molecule has 24 heavy (non-hydrogen) atoms. The molecule has 0 aliphatic heterocycles. The molecule has 0 aliphatic rings. The standard InChI is InChI=1S/C14H24O10/c15-7-14(8-22-4-1-11(16)17,9-23-5-2-12(18)19)10-24-6-3-13(20)21/h15H,1-10H2,(H,16,17)(H,18,19)(H,20,21). The van der Waals surface area contributed by atoms with Crippen molar-refractivity contribution >= 4 is 17.9 Å². The zero-order valence-electron chi connectivity index (χ0n) is 13.3. The van der Waals surface area contributed by atoms with Crippen LogP contribution in [-0.4, -0.2) is 84.6 Å². The van der Waals surface area contributed by atoms with Gasteiger partial charge in [-0.15, -0.1) is 0 Å². The lowest BCUT2D eigenvalue weighted by Gasteiger charge is -2.31. The molecule has 10 heteroatoms. The molecular formula is C14H24O10. The normalized spacial score (nSPS) is 11.4. The van der Waals surface area contributed by atoms with Crippen molar-refractivity contribution in [3.8, 4) is 0 Å². The molecule has 0 spiro atoms. The number of carbonyl (C=O) groups is 3. The number of carboxylic acid groups (broad SMARTS) is 3. The SMILES string of the molecule is O=C(O)CCOCC(CO)(COCCC(=O)O)COCCC(=O)O. The Bertz CT molecular complexity index is 340. The summed E-state index contributed by atoms with van der Waals surface area (Å²) in [6, 6.07) is 0. The van der Waals surface area contributed by atoms with Gasteiger partial charge in [0.15, 0.2) is 0 Å². The second-order valence-corrected chi connectivity index (χ2v) is 5.25. The lowest BCUT2D eigenvalue weighted by molar-refractivity contribution is -0.140. The summed E-state index contributed by atoms with van der Waals surface area (Å²) in [5.74, 6) is -3.08. The third kappa shape index (κ3) is 11.8. The smallest absolute Gasteiger partial charge is 0.305 e. The fourth-order valence-corrected chi connectivity index (χ4v) is 1.61. The Morgan fingerprint density at radius 3 is 1.17 bits per heavy atom. The van der Waals surface area contributed by atoms with Crippen LogP contribution < -0.4 is 0 Å². The predicted molar refractivity (Wildman–Crippen MR) is 78.7 cm³/mol. The molecule has 0 radical (unpaired) electrons. The highest BCUT2D eigenvalue weighted by Gasteiger charge is 2.31. The zero-order chi connectivity index (χ0) is 18.4. The van der Waals surface area contributed by atoms with Gasteiger partial charge in [0, 0.05) is 0 Å². The maximum atomic E-state index is 10.5. The first-order valence-corrected chi connectivity index (χ1v) is 7.31. The number of carboxylic acids is 3. The second kappa shape index (κ2) is 12.6. The summed E-state index contributed by atoms with van der Waals surface area (Å²) in [6.45, 7) is -0.838. The fraction of sp³-hybridized carbons (Fsp3) is 0.786. The molecule has 0 bridgehead atoms. The minimum atomic E-state index is -1.03. The van der Waals surface area contributed by atoms with Crippen molar-refractivity contribution in [2.24, 2.45) is 5.41 Å². The summed E-state index contributed by atoms with van der Waals surface area (Å²) < 4.78 is 15.7. The molecule has 10 nitrogen and oxygen atoms in total. The molecule has 0 amide bonds. The van der Waals surface area contributed by atoms with E-state index in [4.69, 9.17) is 29.5 Å². The average Bonchev–Trinajstić information content (AvgIpc) is 2.51. The van der Waals surface area contributed by atoms with Crippen LogP contribution in [0.1, 0.15) is 19.3 Å². The highest BCUT2D eigenvalue weighted by atomic mass is 16.5. The zero-order valence-corrected chi connectivity index (χ0v) is 13.3. The van der Waals surface area contributed by atoms with Gasteiger partial charge >= 0.3 is 17.9 Å². The van der Waals surface area contributed by atoms with E-state index in [0.29, 0.717) is 0 Å². The van der Waals surface area contributed by atoms with Gasteiger partial charge in [-0.05, 0) is 0 Å². The van der Waals surface area contributed by atoms with Crippen LogP contribution >= 0.6 is 0 Å². The van der Waals surface area contributed by atoms with E-state index in [9.17, 15) is 19.5 Å². The van der Waals surface area contributed by atoms with Crippen LogP contribution in [0.4, 0.5) is 0 Å². The van der Waals surface area contributed by atoms with Crippen molar-refractivity contribution in [2.75, 3.05) is 46.2 Å². The molecule has 0 aliphatic carbocycles. The summed E-state index contributed by atoms with van der Waals surface area (Å²) >= 11 is 0. The first-order valence-electron chi connectivity index (χ1n) is 7.31. The minimum Gasteiger partial charge on any atom is -0.481 e. The quantitative estimate of drug-likeness (QED) is 0.265. The molecule has 140 valence electrons. The Balaban J connectivity index is 4.45. The monoisotopic (exact) mass is 352 g/mol. The van der Waals surface area contributed by atoms with Crippen LogP contribution in [0.2, 0.25) is 0 Å². The number of rotatable bonds is 16. The fourth-order valence-electron chi connectivity index (χ4n) is 1.61. The van der Waals surface area contributed by atoms with E-state index in [1.807, 2.05) is 0 Å². The van der Waals surface area contributed by atoms with E-state index in [0.717, 1.165) is 0 Å². The Morgan fingerprint density at radius 2 is 0.958 bits per heavy atom.